The second-order valence-corrected chi connectivity index (χ2v) is 9.06. The molecule has 1 aliphatic heterocycles. The number of thioether (sulfide) groups is 1. The van der Waals surface area contributed by atoms with E-state index < -0.39 is 42.5 Å². The molecule has 1 aromatic rings. The lowest BCUT2D eigenvalue weighted by atomic mass is 10.1. The van der Waals surface area contributed by atoms with Crippen molar-refractivity contribution in [3.05, 3.63) is 35.9 Å². The number of benzene rings is 1. The molecule has 0 spiro atoms. The molecule has 1 aromatic carbocycles. The highest BCUT2D eigenvalue weighted by Gasteiger charge is 2.35. The fourth-order valence-electron chi connectivity index (χ4n) is 3.61. The van der Waals surface area contributed by atoms with E-state index in [1.54, 1.807) is 50.7 Å². The topological polar surface area (TPSA) is 125 Å². The molecule has 2 rings (SSSR count). The molecule has 0 aliphatic carbocycles. The fraction of sp³-hybridized carbons (Fsp3) is 0.522. The van der Waals surface area contributed by atoms with Crippen LogP contribution in [0.1, 0.15) is 30.1 Å². The Balaban J connectivity index is 2.16. The summed E-state index contributed by atoms with van der Waals surface area (Å²) in [5.74, 6) is -2.02. The average Bonchev–Trinajstić information content (AvgIpc) is 3.31. The van der Waals surface area contributed by atoms with Gasteiger partial charge in [0.25, 0.3) is 0 Å². The van der Waals surface area contributed by atoms with Crippen LogP contribution in [0.15, 0.2) is 30.3 Å². The van der Waals surface area contributed by atoms with E-state index >= 15 is 0 Å². The van der Waals surface area contributed by atoms with Gasteiger partial charge in [-0.25, -0.2) is 4.79 Å². The molecule has 1 aliphatic rings. The van der Waals surface area contributed by atoms with Gasteiger partial charge in [0.1, 0.15) is 24.7 Å². The van der Waals surface area contributed by atoms with Gasteiger partial charge in [-0.1, -0.05) is 18.2 Å². The molecular formula is C23H32N4O6S. The fourth-order valence-corrected chi connectivity index (χ4v) is 4.17. The van der Waals surface area contributed by atoms with Crippen LogP contribution in [0, 0.1) is 0 Å². The predicted octanol–water partition coefficient (Wildman–Crippen LogP) is 0.275. The molecule has 1 heterocycles. The lowest BCUT2D eigenvalue weighted by molar-refractivity contribution is -0.139. The van der Waals surface area contributed by atoms with Crippen LogP contribution in [0.5, 0.6) is 0 Å². The average molecular weight is 493 g/mol. The zero-order chi connectivity index (χ0) is 25.3. The zero-order valence-corrected chi connectivity index (χ0v) is 20.7. The molecule has 11 heteroatoms. The van der Waals surface area contributed by atoms with Gasteiger partial charge in [0.15, 0.2) is 0 Å². The van der Waals surface area contributed by atoms with Gasteiger partial charge in [0.05, 0.1) is 5.56 Å². The van der Waals surface area contributed by atoms with E-state index in [0.29, 0.717) is 30.7 Å². The minimum atomic E-state index is -1.24. The van der Waals surface area contributed by atoms with Crippen molar-refractivity contribution >= 4 is 41.4 Å². The van der Waals surface area contributed by atoms with Crippen molar-refractivity contribution in [3.8, 4) is 0 Å². The van der Waals surface area contributed by atoms with E-state index in [-0.39, 0.29) is 11.8 Å². The Morgan fingerprint density at radius 3 is 2.38 bits per heavy atom. The van der Waals surface area contributed by atoms with Gasteiger partial charge < -0.3 is 25.2 Å². The largest absolute Gasteiger partial charge is 0.459 e. The molecule has 0 aromatic heterocycles. The second-order valence-electron chi connectivity index (χ2n) is 8.15. The van der Waals surface area contributed by atoms with Gasteiger partial charge in [-0.2, -0.15) is 11.8 Å². The number of carbonyl (C=O) groups excluding carboxylic acids is 5. The van der Waals surface area contributed by atoms with Gasteiger partial charge in [-0.3, -0.25) is 19.2 Å². The number of hydrogen-bond donors (Lipinski definition) is 2. The summed E-state index contributed by atoms with van der Waals surface area (Å²) in [4.78, 5) is 65.6. The van der Waals surface area contributed by atoms with Crippen LogP contribution in [0.2, 0.25) is 0 Å². The summed E-state index contributed by atoms with van der Waals surface area (Å²) in [6.45, 7) is 1.41. The molecule has 4 amide bonds. The van der Waals surface area contributed by atoms with Crippen molar-refractivity contribution in [2.45, 2.75) is 37.9 Å². The summed E-state index contributed by atoms with van der Waals surface area (Å²) in [5, 5.41) is 5.27. The first-order chi connectivity index (χ1) is 16.1. The lowest BCUT2D eigenvalue weighted by Crippen LogP contribution is -2.58. The molecule has 34 heavy (non-hydrogen) atoms. The van der Waals surface area contributed by atoms with Crippen molar-refractivity contribution < 1.29 is 28.7 Å². The molecule has 0 bridgehead atoms. The van der Waals surface area contributed by atoms with Crippen LogP contribution in [-0.4, -0.2) is 96.8 Å². The summed E-state index contributed by atoms with van der Waals surface area (Å²) in [5.41, 5.74) is 0.301. The summed E-state index contributed by atoms with van der Waals surface area (Å²) >= 11 is 1.38. The smallest absolute Gasteiger partial charge is 0.338 e. The standard InChI is InChI=1S/C23H32N4O6S/c1-15(28)27-12-8-11-19(27)21(30)24-17(13-33-23(32)16-9-6-5-7-10-16)20(29)25-18(14-34-4)22(31)26(2)3/h5-7,9-10,17-19H,8,11-14H2,1-4H3,(H,24,30)(H,25,29)/t17-,18-,19+/m1/s1. The number of carbonyl (C=O) groups is 5. The molecular weight excluding hydrogens is 460 g/mol. The van der Waals surface area contributed by atoms with Crippen molar-refractivity contribution in [1.82, 2.24) is 20.4 Å². The number of likely N-dealkylation sites (tertiary alicyclic amines) is 1. The monoisotopic (exact) mass is 492 g/mol. The Hall–Kier alpha value is -3.08. The number of nitrogens with zero attached hydrogens (tertiary/aromatic N) is 2. The summed E-state index contributed by atoms with van der Waals surface area (Å²) < 4.78 is 5.30. The minimum Gasteiger partial charge on any atom is -0.459 e. The number of likely N-dealkylation sites (N-methyl/N-ethyl adjacent to an activating group) is 1. The number of rotatable bonds is 10. The third kappa shape index (κ3) is 7.47. The van der Waals surface area contributed by atoms with Crippen LogP contribution >= 0.6 is 11.8 Å². The van der Waals surface area contributed by atoms with E-state index in [4.69, 9.17) is 4.74 Å². The highest BCUT2D eigenvalue weighted by atomic mass is 32.2. The zero-order valence-electron chi connectivity index (χ0n) is 19.9. The number of esters is 1. The highest BCUT2D eigenvalue weighted by molar-refractivity contribution is 7.98. The van der Waals surface area contributed by atoms with Crippen molar-refractivity contribution in [2.75, 3.05) is 39.3 Å². The third-order valence-electron chi connectivity index (χ3n) is 5.37. The summed E-state index contributed by atoms with van der Waals surface area (Å²) in [7, 11) is 3.16. The van der Waals surface area contributed by atoms with E-state index in [1.165, 1.54) is 28.5 Å². The molecule has 2 N–H and O–H groups in total. The summed E-state index contributed by atoms with van der Waals surface area (Å²) in [6.07, 6.45) is 2.95. The van der Waals surface area contributed by atoms with Gasteiger partial charge in [-0.05, 0) is 31.2 Å². The van der Waals surface area contributed by atoms with Crippen LogP contribution < -0.4 is 10.6 Å². The Morgan fingerprint density at radius 1 is 1.12 bits per heavy atom. The van der Waals surface area contributed by atoms with Crippen molar-refractivity contribution in [2.24, 2.45) is 0 Å². The van der Waals surface area contributed by atoms with E-state index in [0.717, 1.165) is 0 Å². The number of amides is 4. The van der Waals surface area contributed by atoms with Crippen LogP contribution in [0.3, 0.4) is 0 Å². The van der Waals surface area contributed by atoms with Gasteiger partial charge in [0, 0.05) is 33.3 Å². The van der Waals surface area contributed by atoms with E-state index in [1.807, 2.05) is 0 Å². The quantitative estimate of drug-likeness (QED) is 0.449. The Kier molecular flexibility index (Phi) is 10.4. The number of ether oxygens (including phenoxy) is 1. The highest BCUT2D eigenvalue weighted by Crippen LogP contribution is 2.17. The molecule has 0 radical (unpaired) electrons. The van der Waals surface area contributed by atoms with Crippen LogP contribution in [0.25, 0.3) is 0 Å². The van der Waals surface area contributed by atoms with Crippen LogP contribution in [-0.2, 0) is 23.9 Å². The molecule has 10 nitrogen and oxygen atoms in total. The first-order valence-electron chi connectivity index (χ1n) is 11.0. The molecule has 1 fully saturated rings. The van der Waals surface area contributed by atoms with E-state index in [9.17, 15) is 24.0 Å². The van der Waals surface area contributed by atoms with Crippen LogP contribution in [0.4, 0.5) is 0 Å². The SMILES string of the molecule is CSC[C@@H](NC(=O)[C@@H](COC(=O)c1ccccc1)NC(=O)[C@@H]1CCCN1C(C)=O)C(=O)N(C)C. The molecule has 0 unspecified atom stereocenters. The Labute approximate surface area is 203 Å². The molecule has 0 saturated carbocycles. The molecule has 186 valence electrons. The Bertz CT molecular complexity index is 895. The maximum Gasteiger partial charge on any atom is 0.338 e. The van der Waals surface area contributed by atoms with Gasteiger partial charge in [-0.15, -0.1) is 0 Å². The maximum atomic E-state index is 13.1. The molecule has 1 saturated heterocycles. The van der Waals surface area contributed by atoms with Crippen molar-refractivity contribution in [3.63, 3.8) is 0 Å². The number of hydrogen-bond acceptors (Lipinski definition) is 7. The van der Waals surface area contributed by atoms with E-state index in [2.05, 4.69) is 10.6 Å². The van der Waals surface area contributed by atoms with Gasteiger partial charge in [0.2, 0.25) is 23.6 Å². The first kappa shape index (κ1) is 27.2. The number of nitrogens with one attached hydrogen (secondary N) is 2. The Morgan fingerprint density at radius 2 is 1.79 bits per heavy atom. The van der Waals surface area contributed by atoms with Gasteiger partial charge >= 0.3 is 5.97 Å². The second kappa shape index (κ2) is 13.0. The first-order valence-corrected chi connectivity index (χ1v) is 12.3. The normalized spacial score (nSPS) is 16.8. The predicted molar refractivity (Wildman–Crippen MR) is 128 cm³/mol. The third-order valence-corrected chi connectivity index (χ3v) is 6.04. The lowest BCUT2D eigenvalue weighted by Gasteiger charge is -2.27. The maximum absolute atomic E-state index is 13.1. The van der Waals surface area contributed by atoms with Crippen molar-refractivity contribution in [1.29, 1.82) is 0 Å². The summed E-state index contributed by atoms with van der Waals surface area (Å²) in [6, 6.07) is 5.49. The molecule has 3 atom stereocenters. The minimum absolute atomic E-state index is 0.231.